The number of likely N-dealkylation sites (tertiary alicyclic amines) is 1. The van der Waals surface area contributed by atoms with Crippen LogP contribution in [0.1, 0.15) is 56.2 Å². The maximum Gasteiger partial charge on any atom is 0.317 e. The molecule has 3 amide bonds. The van der Waals surface area contributed by atoms with Gasteiger partial charge in [-0.15, -0.1) is 0 Å². The first-order valence-electron chi connectivity index (χ1n) is 9.15. The topological polar surface area (TPSA) is 74.6 Å². The Labute approximate surface area is 149 Å². The summed E-state index contributed by atoms with van der Waals surface area (Å²) in [6, 6.07) is 2.00. The first-order valence-corrected chi connectivity index (χ1v) is 9.15. The summed E-state index contributed by atoms with van der Waals surface area (Å²) in [5.41, 5.74) is 1.21. The van der Waals surface area contributed by atoms with E-state index in [-0.39, 0.29) is 29.3 Å². The zero-order chi connectivity index (χ0) is 18.2. The fraction of sp³-hybridized carbons (Fsp3) is 0.684. The molecule has 25 heavy (non-hydrogen) atoms. The van der Waals surface area contributed by atoms with Gasteiger partial charge in [0.25, 0.3) is 0 Å². The molecule has 0 spiro atoms. The van der Waals surface area contributed by atoms with Crippen LogP contribution in [0.25, 0.3) is 0 Å². The second kappa shape index (κ2) is 6.73. The quantitative estimate of drug-likeness (QED) is 0.864. The number of amides is 3. The van der Waals surface area contributed by atoms with E-state index in [1.54, 1.807) is 7.05 Å². The Morgan fingerprint density at radius 2 is 1.96 bits per heavy atom. The molecule has 6 heteroatoms. The Balaban J connectivity index is 1.64. The van der Waals surface area contributed by atoms with Crippen LogP contribution in [0.3, 0.4) is 0 Å². The Bertz CT molecular complexity index is 657. The Morgan fingerprint density at radius 3 is 2.60 bits per heavy atom. The molecule has 138 valence electrons. The van der Waals surface area contributed by atoms with Crippen LogP contribution < -0.4 is 10.6 Å². The van der Waals surface area contributed by atoms with Crippen molar-refractivity contribution in [3.8, 4) is 0 Å². The van der Waals surface area contributed by atoms with Crippen LogP contribution in [0, 0.1) is 18.3 Å². The normalized spacial score (nSPS) is 23.0. The molecule has 0 unspecified atom stereocenters. The predicted molar refractivity (Wildman–Crippen MR) is 95.2 cm³/mol. The lowest BCUT2D eigenvalue weighted by molar-refractivity contribution is -0.125. The van der Waals surface area contributed by atoms with Crippen LogP contribution in [0.15, 0.2) is 10.5 Å². The van der Waals surface area contributed by atoms with Gasteiger partial charge in [-0.1, -0.05) is 13.8 Å². The van der Waals surface area contributed by atoms with Gasteiger partial charge in [-0.3, -0.25) is 4.79 Å². The van der Waals surface area contributed by atoms with E-state index in [0.717, 1.165) is 42.8 Å². The van der Waals surface area contributed by atoms with Crippen molar-refractivity contribution >= 4 is 11.9 Å². The molecule has 1 atom stereocenters. The molecule has 0 aromatic carbocycles. The summed E-state index contributed by atoms with van der Waals surface area (Å²) >= 11 is 0. The maximum absolute atomic E-state index is 12.7. The van der Waals surface area contributed by atoms with Crippen LogP contribution in [0.4, 0.5) is 4.79 Å². The van der Waals surface area contributed by atoms with E-state index in [0.29, 0.717) is 13.1 Å². The van der Waals surface area contributed by atoms with Gasteiger partial charge in [0.1, 0.15) is 11.5 Å². The van der Waals surface area contributed by atoms with E-state index in [1.165, 1.54) is 0 Å². The summed E-state index contributed by atoms with van der Waals surface area (Å²) in [7, 11) is 1.66. The summed E-state index contributed by atoms with van der Waals surface area (Å²) in [5.74, 6) is 1.99. The first-order chi connectivity index (χ1) is 11.8. The van der Waals surface area contributed by atoms with Crippen molar-refractivity contribution in [1.29, 1.82) is 0 Å². The molecule has 2 aliphatic rings. The van der Waals surface area contributed by atoms with Crippen molar-refractivity contribution < 1.29 is 14.0 Å². The SMILES string of the molecule is CNC(=O)C1CCN(C(=O)N[C@H]2CC(C)(C)Cc3oc(C)cc32)CC1. The van der Waals surface area contributed by atoms with Gasteiger partial charge < -0.3 is 20.0 Å². The van der Waals surface area contributed by atoms with Crippen LogP contribution in [-0.4, -0.2) is 37.0 Å². The van der Waals surface area contributed by atoms with E-state index in [2.05, 4.69) is 24.5 Å². The average Bonchev–Trinajstić information content (AvgIpc) is 2.93. The van der Waals surface area contributed by atoms with Gasteiger partial charge in [-0.25, -0.2) is 4.79 Å². The third-order valence-electron chi connectivity index (χ3n) is 5.43. The van der Waals surface area contributed by atoms with Crippen molar-refractivity contribution in [1.82, 2.24) is 15.5 Å². The number of nitrogens with zero attached hydrogens (tertiary/aromatic N) is 1. The molecular weight excluding hydrogens is 318 g/mol. The van der Waals surface area contributed by atoms with Gasteiger partial charge in [0.15, 0.2) is 0 Å². The van der Waals surface area contributed by atoms with Gasteiger partial charge in [0, 0.05) is 38.0 Å². The van der Waals surface area contributed by atoms with Crippen molar-refractivity contribution in [3.05, 3.63) is 23.2 Å². The number of fused-ring (bicyclic) bond motifs is 1. The van der Waals surface area contributed by atoms with Gasteiger partial charge in [-0.05, 0) is 37.7 Å². The third kappa shape index (κ3) is 3.83. The van der Waals surface area contributed by atoms with E-state index in [4.69, 9.17) is 4.42 Å². The molecule has 2 heterocycles. The van der Waals surface area contributed by atoms with Gasteiger partial charge in [0.05, 0.1) is 6.04 Å². The Morgan fingerprint density at radius 1 is 1.28 bits per heavy atom. The number of carbonyl (C=O) groups excluding carboxylic acids is 2. The molecule has 1 aromatic heterocycles. The second-order valence-corrected chi connectivity index (χ2v) is 8.16. The number of rotatable bonds is 2. The molecule has 1 aliphatic heterocycles. The molecule has 1 fully saturated rings. The van der Waals surface area contributed by atoms with Gasteiger partial charge in [-0.2, -0.15) is 0 Å². The van der Waals surface area contributed by atoms with E-state index in [1.807, 2.05) is 17.9 Å². The van der Waals surface area contributed by atoms with Crippen molar-refractivity contribution in [2.24, 2.45) is 11.3 Å². The lowest BCUT2D eigenvalue weighted by Gasteiger charge is -2.37. The molecule has 0 bridgehead atoms. The molecule has 1 saturated heterocycles. The number of aryl methyl sites for hydroxylation is 1. The van der Waals surface area contributed by atoms with Crippen LogP contribution in [-0.2, 0) is 11.2 Å². The molecule has 2 N–H and O–H groups in total. The molecule has 0 saturated carbocycles. The lowest BCUT2D eigenvalue weighted by atomic mass is 9.75. The van der Waals surface area contributed by atoms with E-state index < -0.39 is 0 Å². The highest BCUT2D eigenvalue weighted by molar-refractivity contribution is 5.79. The summed E-state index contributed by atoms with van der Waals surface area (Å²) in [5, 5.41) is 5.90. The van der Waals surface area contributed by atoms with Gasteiger partial charge >= 0.3 is 6.03 Å². The number of piperidine rings is 1. The van der Waals surface area contributed by atoms with E-state index in [9.17, 15) is 9.59 Å². The fourth-order valence-corrected chi connectivity index (χ4v) is 4.10. The maximum atomic E-state index is 12.7. The molecule has 6 nitrogen and oxygen atoms in total. The molecule has 1 aromatic rings. The Hall–Kier alpha value is -1.98. The number of urea groups is 1. The zero-order valence-electron chi connectivity index (χ0n) is 15.6. The molecular formula is C19H29N3O3. The average molecular weight is 347 g/mol. The largest absolute Gasteiger partial charge is 0.466 e. The third-order valence-corrected chi connectivity index (χ3v) is 5.43. The number of nitrogens with one attached hydrogen (secondary N) is 2. The summed E-state index contributed by atoms with van der Waals surface area (Å²) in [6.07, 6.45) is 3.25. The van der Waals surface area contributed by atoms with Crippen molar-refractivity contribution in [2.75, 3.05) is 20.1 Å². The minimum absolute atomic E-state index is 0.0136. The van der Waals surface area contributed by atoms with Crippen LogP contribution in [0.2, 0.25) is 0 Å². The minimum Gasteiger partial charge on any atom is -0.466 e. The van der Waals surface area contributed by atoms with Gasteiger partial charge in [0.2, 0.25) is 5.91 Å². The van der Waals surface area contributed by atoms with Crippen LogP contribution >= 0.6 is 0 Å². The number of furan rings is 1. The number of hydrogen-bond acceptors (Lipinski definition) is 3. The second-order valence-electron chi connectivity index (χ2n) is 8.16. The summed E-state index contributed by atoms with van der Waals surface area (Å²) in [6.45, 7) is 7.62. The predicted octanol–water partition coefficient (Wildman–Crippen LogP) is 2.77. The standard InChI is InChI=1S/C19H29N3O3/c1-12-9-14-15(10-19(2,3)11-16(14)25-12)21-18(24)22-7-5-13(6-8-22)17(23)20-4/h9,13,15H,5-8,10-11H2,1-4H3,(H,20,23)(H,21,24)/t15-/m0/s1. The highest BCUT2D eigenvalue weighted by Crippen LogP contribution is 2.42. The first kappa shape index (κ1) is 17.8. The molecule has 3 rings (SSSR count). The lowest BCUT2D eigenvalue weighted by Crippen LogP contribution is -2.48. The molecule has 0 radical (unpaired) electrons. The highest BCUT2D eigenvalue weighted by atomic mass is 16.3. The fourth-order valence-electron chi connectivity index (χ4n) is 4.10. The summed E-state index contributed by atoms with van der Waals surface area (Å²) < 4.78 is 5.84. The highest BCUT2D eigenvalue weighted by Gasteiger charge is 2.36. The number of hydrogen-bond donors (Lipinski definition) is 2. The van der Waals surface area contributed by atoms with Crippen molar-refractivity contribution in [3.63, 3.8) is 0 Å². The monoisotopic (exact) mass is 347 g/mol. The molecule has 1 aliphatic carbocycles. The Kier molecular flexibility index (Phi) is 4.80. The minimum atomic E-state index is -0.0390. The number of carbonyl (C=O) groups is 2. The van der Waals surface area contributed by atoms with Crippen LogP contribution in [0.5, 0.6) is 0 Å². The smallest absolute Gasteiger partial charge is 0.317 e. The zero-order valence-corrected chi connectivity index (χ0v) is 15.6. The summed E-state index contributed by atoms with van der Waals surface area (Å²) in [4.78, 5) is 26.3. The van der Waals surface area contributed by atoms with E-state index >= 15 is 0 Å². The van der Waals surface area contributed by atoms with Crippen molar-refractivity contribution in [2.45, 2.75) is 52.5 Å².